The predicted molar refractivity (Wildman–Crippen MR) is 56.8 cm³/mol. The van der Waals surface area contributed by atoms with Crippen LogP contribution in [-0.2, 0) is 0 Å². The summed E-state index contributed by atoms with van der Waals surface area (Å²) in [5, 5.41) is 0. The summed E-state index contributed by atoms with van der Waals surface area (Å²) in [7, 11) is 0. The molecule has 2 heteroatoms. The summed E-state index contributed by atoms with van der Waals surface area (Å²) in [6.45, 7) is 7.60. The minimum atomic E-state index is 0.533. The summed E-state index contributed by atoms with van der Waals surface area (Å²) in [5.74, 6) is 2.17. The number of hydrogen-bond acceptors (Lipinski definition) is 2. The molecule has 0 amide bonds. The summed E-state index contributed by atoms with van der Waals surface area (Å²) in [6.07, 6.45) is 0. The van der Waals surface area contributed by atoms with Gasteiger partial charge in [-0.2, -0.15) is 0 Å². The molecule has 0 spiro atoms. The Kier molecular flexibility index (Phi) is 4.30. The molecule has 0 heterocycles. The molecule has 1 aromatic carbocycles. The van der Waals surface area contributed by atoms with Crippen molar-refractivity contribution in [3.05, 3.63) is 24.3 Å². The second kappa shape index (κ2) is 5.53. The van der Waals surface area contributed by atoms with Gasteiger partial charge in [0.1, 0.15) is 11.5 Å². The molecule has 0 fully saturated rings. The molecular formula is C12H17O2. The summed E-state index contributed by atoms with van der Waals surface area (Å²) in [6, 6.07) is 8.51. The van der Waals surface area contributed by atoms with E-state index in [1.54, 1.807) is 0 Å². The molecule has 14 heavy (non-hydrogen) atoms. The molecule has 0 N–H and O–H groups in total. The van der Waals surface area contributed by atoms with Crippen molar-refractivity contribution in [1.82, 2.24) is 0 Å². The monoisotopic (exact) mass is 193 g/mol. The third kappa shape index (κ3) is 3.69. The molecule has 77 valence electrons. The Bertz CT molecular complexity index is 269. The minimum absolute atomic E-state index is 0.533. The van der Waals surface area contributed by atoms with Crippen molar-refractivity contribution < 1.29 is 9.47 Å². The first-order chi connectivity index (χ1) is 6.72. The van der Waals surface area contributed by atoms with Crippen LogP contribution in [0.2, 0.25) is 0 Å². The van der Waals surface area contributed by atoms with E-state index in [4.69, 9.17) is 9.47 Å². The van der Waals surface area contributed by atoms with Gasteiger partial charge in [-0.25, -0.2) is 0 Å². The van der Waals surface area contributed by atoms with Crippen molar-refractivity contribution in [1.29, 1.82) is 0 Å². The van der Waals surface area contributed by atoms with Gasteiger partial charge in [0.2, 0.25) is 0 Å². The van der Waals surface area contributed by atoms with Crippen molar-refractivity contribution >= 4 is 0 Å². The lowest BCUT2D eigenvalue weighted by Gasteiger charge is -2.09. The van der Waals surface area contributed by atoms with E-state index in [2.05, 4.69) is 19.9 Å². The number of ether oxygens (including phenoxy) is 2. The van der Waals surface area contributed by atoms with Gasteiger partial charge in [0.15, 0.2) is 0 Å². The van der Waals surface area contributed by atoms with Crippen LogP contribution in [0, 0.1) is 12.0 Å². The quantitative estimate of drug-likeness (QED) is 0.715. The topological polar surface area (TPSA) is 18.5 Å². The predicted octanol–water partition coefficient (Wildman–Crippen LogP) is 2.92. The second-order valence-electron chi connectivity index (χ2n) is 3.54. The van der Waals surface area contributed by atoms with Crippen molar-refractivity contribution in [3.8, 4) is 11.5 Å². The molecule has 0 aliphatic heterocycles. The Morgan fingerprint density at radius 1 is 1.21 bits per heavy atom. The first kappa shape index (κ1) is 10.9. The van der Waals surface area contributed by atoms with E-state index in [9.17, 15) is 0 Å². The van der Waals surface area contributed by atoms with Gasteiger partial charge in [0.05, 0.1) is 13.2 Å². The average Bonchev–Trinajstić information content (AvgIpc) is 2.16. The zero-order chi connectivity index (χ0) is 10.4. The van der Waals surface area contributed by atoms with Crippen LogP contribution in [0.3, 0.4) is 0 Å². The highest BCUT2D eigenvalue weighted by Crippen LogP contribution is 2.19. The van der Waals surface area contributed by atoms with Crippen LogP contribution in [0.1, 0.15) is 20.8 Å². The van der Waals surface area contributed by atoms with Gasteiger partial charge in [-0.1, -0.05) is 13.8 Å². The first-order valence-corrected chi connectivity index (χ1v) is 4.99. The Morgan fingerprint density at radius 2 is 1.86 bits per heavy atom. The molecule has 0 unspecified atom stereocenters. The van der Waals surface area contributed by atoms with E-state index < -0.39 is 0 Å². The summed E-state index contributed by atoms with van der Waals surface area (Å²) in [5.41, 5.74) is 0. The fourth-order valence-corrected chi connectivity index (χ4v) is 1.03. The Labute approximate surface area is 85.8 Å². The molecule has 2 nitrogen and oxygen atoms in total. The molecule has 0 aliphatic rings. The summed E-state index contributed by atoms with van der Waals surface area (Å²) < 4.78 is 10.9. The zero-order valence-corrected chi connectivity index (χ0v) is 9.04. The van der Waals surface area contributed by atoms with E-state index >= 15 is 0 Å². The Balaban J connectivity index is 2.54. The number of hydrogen-bond donors (Lipinski definition) is 0. The molecule has 0 saturated heterocycles. The van der Waals surface area contributed by atoms with Crippen molar-refractivity contribution in [3.63, 3.8) is 0 Å². The highest BCUT2D eigenvalue weighted by Gasteiger charge is 1.99. The first-order valence-electron chi connectivity index (χ1n) is 4.99. The van der Waals surface area contributed by atoms with Crippen LogP contribution in [0.25, 0.3) is 0 Å². The van der Waals surface area contributed by atoms with Crippen LogP contribution in [0.4, 0.5) is 0 Å². The standard InChI is InChI=1S/C12H17O2/c1-4-13-11-6-5-7-12(8-11)14-9-10(2)3/h6-8,10H,4,9H2,1-3H3. The van der Waals surface area contributed by atoms with Crippen LogP contribution in [0.5, 0.6) is 11.5 Å². The maximum absolute atomic E-state index is 5.54. The van der Waals surface area contributed by atoms with Crippen LogP contribution >= 0.6 is 0 Å². The fourth-order valence-electron chi connectivity index (χ4n) is 1.03. The van der Waals surface area contributed by atoms with E-state index in [0.717, 1.165) is 18.1 Å². The normalized spacial score (nSPS) is 10.3. The van der Waals surface area contributed by atoms with Crippen molar-refractivity contribution in [2.24, 2.45) is 5.92 Å². The van der Waals surface area contributed by atoms with E-state index in [1.165, 1.54) is 0 Å². The fraction of sp³-hybridized carbons (Fsp3) is 0.500. The van der Waals surface area contributed by atoms with Gasteiger partial charge < -0.3 is 9.47 Å². The molecule has 1 aromatic rings. The van der Waals surface area contributed by atoms with E-state index in [-0.39, 0.29) is 0 Å². The van der Waals surface area contributed by atoms with Gasteiger partial charge in [0, 0.05) is 6.07 Å². The number of benzene rings is 1. The van der Waals surface area contributed by atoms with E-state index in [0.29, 0.717) is 12.5 Å². The lowest BCUT2D eigenvalue weighted by atomic mass is 10.2. The smallest absolute Gasteiger partial charge is 0.123 e. The molecule has 0 atom stereocenters. The van der Waals surface area contributed by atoms with Crippen LogP contribution in [0.15, 0.2) is 18.2 Å². The Morgan fingerprint density at radius 3 is 2.43 bits per heavy atom. The average molecular weight is 193 g/mol. The SMILES string of the molecule is CCOc1c[c]cc(OCC(C)C)c1. The lowest BCUT2D eigenvalue weighted by molar-refractivity contribution is 0.268. The third-order valence-corrected chi connectivity index (χ3v) is 1.63. The Hall–Kier alpha value is -1.18. The lowest BCUT2D eigenvalue weighted by Crippen LogP contribution is -2.04. The maximum Gasteiger partial charge on any atom is 0.123 e. The van der Waals surface area contributed by atoms with E-state index in [1.807, 2.05) is 25.1 Å². The molecule has 1 radical (unpaired) electrons. The second-order valence-corrected chi connectivity index (χ2v) is 3.54. The molecule has 0 aromatic heterocycles. The highest BCUT2D eigenvalue weighted by molar-refractivity contribution is 5.32. The maximum atomic E-state index is 5.54. The third-order valence-electron chi connectivity index (χ3n) is 1.63. The largest absolute Gasteiger partial charge is 0.494 e. The zero-order valence-electron chi connectivity index (χ0n) is 9.04. The van der Waals surface area contributed by atoms with Crippen molar-refractivity contribution in [2.75, 3.05) is 13.2 Å². The van der Waals surface area contributed by atoms with Crippen molar-refractivity contribution in [2.45, 2.75) is 20.8 Å². The molecule has 0 aliphatic carbocycles. The van der Waals surface area contributed by atoms with Gasteiger partial charge in [0.25, 0.3) is 0 Å². The van der Waals surface area contributed by atoms with Gasteiger partial charge in [-0.15, -0.1) is 0 Å². The minimum Gasteiger partial charge on any atom is -0.494 e. The molecule has 0 bridgehead atoms. The summed E-state index contributed by atoms with van der Waals surface area (Å²) >= 11 is 0. The van der Waals surface area contributed by atoms with Gasteiger partial charge in [-0.05, 0) is 31.0 Å². The highest BCUT2D eigenvalue weighted by atomic mass is 16.5. The molecule has 1 rings (SSSR count). The summed E-state index contributed by atoms with van der Waals surface area (Å²) in [4.78, 5) is 0. The number of rotatable bonds is 5. The molecule has 0 saturated carbocycles. The van der Waals surface area contributed by atoms with Gasteiger partial charge >= 0.3 is 0 Å². The molecular weight excluding hydrogens is 176 g/mol. The van der Waals surface area contributed by atoms with Crippen LogP contribution in [-0.4, -0.2) is 13.2 Å². The van der Waals surface area contributed by atoms with Crippen LogP contribution < -0.4 is 9.47 Å². The van der Waals surface area contributed by atoms with Gasteiger partial charge in [-0.3, -0.25) is 0 Å².